The van der Waals surface area contributed by atoms with E-state index in [-0.39, 0.29) is 38.2 Å². The van der Waals surface area contributed by atoms with Crippen LogP contribution >= 0.6 is 34.8 Å². The molecule has 1 atom stereocenters. The standard InChI is InChI=1S/C21H16Cl3F3N2O3/c1-31-19(30)12-9-29(10-12)14-4-2-11(3-5-14)17-8-20(32-28-17,21(25,26)27)13-6-15(22)18(24)16(23)7-13/h2-7,12H,8-10H2,1H3. The average Bonchev–Trinajstić information content (AvgIpc) is 3.18. The van der Waals surface area contributed by atoms with Gasteiger partial charge in [0.25, 0.3) is 5.60 Å². The molecule has 0 saturated carbocycles. The number of nitrogens with zero attached hydrogens (tertiary/aromatic N) is 2. The van der Waals surface area contributed by atoms with Crippen molar-refractivity contribution in [2.24, 2.45) is 11.1 Å². The smallest absolute Gasteiger partial charge is 0.435 e. The second-order valence-corrected chi connectivity index (χ2v) is 8.75. The number of alkyl halides is 3. The first-order valence-corrected chi connectivity index (χ1v) is 10.6. The van der Waals surface area contributed by atoms with Crippen molar-refractivity contribution in [2.45, 2.75) is 18.2 Å². The Balaban J connectivity index is 1.55. The fraction of sp³-hybridized carbons (Fsp3) is 0.333. The summed E-state index contributed by atoms with van der Waals surface area (Å²) in [4.78, 5) is 18.5. The van der Waals surface area contributed by atoms with Crippen LogP contribution in [0.5, 0.6) is 0 Å². The van der Waals surface area contributed by atoms with Gasteiger partial charge in [0.1, 0.15) is 0 Å². The normalized spacial score (nSPS) is 21.1. The van der Waals surface area contributed by atoms with E-state index in [0.29, 0.717) is 18.7 Å². The largest absolute Gasteiger partial charge is 0.469 e. The Morgan fingerprint density at radius 3 is 2.28 bits per heavy atom. The van der Waals surface area contributed by atoms with Gasteiger partial charge in [0, 0.05) is 30.8 Å². The number of hydrogen-bond acceptors (Lipinski definition) is 5. The highest BCUT2D eigenvalue weighted by molar-refractivity contribution is 6.48. The molecule has 0 spiro atoms. The maximum atomic E-state index is 14.1. The number of oxime groups is 1. The highest BCUT2D eigenvalue weighted by Gasteiger charge is 2.62. The van der Waals surface area contributed by atoms with Crippen LogP contribution in [0, 0.1) is 5.92 Å². The van der Waals surface area contributed by atoms with E-state index in [4.69, 9.17) is 44.4 Å². The molecule has 2 aromatic carbocycles. The lowest BCUT2D eigenvalue weighted by Crippen LogP contribution is -2.50. The number of benzene rings is 2. The van der Waals surface area contributed by atoms with Gasteiger partial charge in [-0.2, -0.15) is 13.2 Å². The van der Waals surface area contributed by atoms with Gasteiger partial charge in [0.05, 0.1) is 33.8 Å². The Kier molecular flexibility index (Phi) is 5.98. The molecule has 0 N–H and O–H groups in total. The topological polar surface area (TPSA) is 51.1 Å². The first kappa shape index (κ1) is 23.0. The maximum absolute atomic E-state index is 14.1. The van der Waals surface area contributed by atoms with E-state index >= 15 is 0 Å². The Bertz CT molecular complexity index is 1060. The van der Waals surface area contributed by atoms with Gasteiger partial charge in [-0.1, -0.05) is 52.1 Å². The Morgan fingerprint density at radius 1 is 1.16 bits per heavy atom. The summed E-state index contributed by atoms with van der Waals surface area (Å²) in [7, 11) is 1.34. The van der Waals surface area contributed by atoms with Crippen LogP contribution in [0.2, 0.25) is 15.1 Å². The fourth-order valence-corrected chi connectivity index (χ4v) is 4.31. The Labute approximate surface area is 196 Å². The van der Waals surface area contributed by atoms with Crippen molar-refractivity contribution in [3.8, 4) is 0 Å². The van der Waals surface area contributed by atoms with Gasteiger partial charge >= 0.3 is 12.1 Å². The van der Waals surface area contributed by atoms with E-state index in [0.717, 1.165) is 17.8 Å². The van der Waals surface area contributed by atoms with Crippen molar-refractivity contribution >= 4 is 52.2 Å². The SMILES string of the molecule is COC(=O)C1CN(c2ccc(C3=NOC(c4cc(Cl)c(Cl)c(Cl)c4)(C(F)(F)F)C3)cc2)C1. The van der Waals surface area contributed by atoms with E-state index < -0.39 is 18.2 Å². The molecular formula is C21H16Cl3F3N2O3. The molecule has 1 saturated heterocycles. The van der Waals surface area contributed by atoms with Gasteiger partial charge in [-0.15, -0.1) is 0 Å². The monoisotopic (exact) mass is 506 g/mol. The second-order valence-electron chi connectivity index (χ2n) is 7.56. The zero-order valence-corrected chi connectivity index (χ0v) is 18.8. The summed E-state index contributed by atoms with van der Waals surface area (Å²) in [5.41, 5.74) is -1.56. The fourth-order valence-electron chi connectivity index (χ4n) is 3.72. The highest BCUT2D eigenvalue weighted by atomic mass is 35.5. The second kappa shape index (κ2) is 8.32. The third-order valence-corrected chi connectivity index (χ3v) is 6.81. The van der Waals surface area contributed by atoms with Crippen molar-refractivity contribution in [3.63, 3.8) is 0 Å². The summed E-state index contributed by atoms with van der Waals surface area (Å²) < 4.78 is 47.2. The molecule has 0 bridgehead atoms. The molecule has 2 aliphatic rings. The van der Waals surface area contributed by atoms with E-state index in [2.05, 4.69) is 5.16 Å². The number of carbonyl (C=O) groups excluding carboxylic acids is 1. The molecule has 0 aliphatic carbocycles. The first-order valence-electron chi connectivity index (χ1n) is 9.46. The molecule has 2 aliphatic heterocycles. The molecule has 0 aromatic heterocycles. The summed E-state index contributed by atoms with van der Waals surface area (Å²) in [6, 6.07) is 9.03. The zero-order chi connectivity index (χ0) is 23.3. The highest BCUT2D eigenvalue weighted by Crippen LogP contribution is 2.50. The minimum Gasteiger partial charge on any atom is -0.469 e. The number of ether oxygens (including phenoxy) is 1. The van der Waals surface area contributed by atoms with E-state index in [1.165, 1.54) is 7.11 Å². The van der Waals surface area contributed by atoms with Crippen molar-refractivity contribution in [1.29, 1.82) is 0 Å². The molecule has 170 valence electrons. The van der Waals surface area contributed by atoms with Crippen LogP contribution in [0.4, 0.5) is 18.9 Å². The van der Waals surface area contributed by atoms with Gasteiger partial charge in [-0.05, 0) is 29.8 Å². The number of rotatable bonds is 4. The van der Waals surface area contributed by atoms with Crippen LogP contribution < -0.4 is 4.90 Å². The van der Waals surface area contributed by atoms with Crippen molar-refractivity contribution in [3.05, 3.63) is 62.6 Å². The molecule has 1 fully saturated rings. The molecule has 5 nitrogen and oxygen atoms in total. The van der Waals surface area contributed by atoms with Crippen LogP contribution in [0.3, 0.4) is 0 Å². The summed E-state index contributed by atoms with van der Waals surface area (Å²) in [6.45, 7) is 1.04. The average molecular weight is 508 g/mol. The molecule has 0 amide bonds. The third kappa shape index (κ3) is 3.89. The number of anilines is 1. The van der Waals surface area contributed by atoms with Crippen LogP contribution in [-0.2, 0) is 20.0 Å². The van der Waals surface area contributed by atoms with E-state index in [1.807, 2.05) is 4.90 Å². The molecule has 2 heterocycles. The van der Waals surface area contributed by atoms with Crippen molar-refractivity contribution < 1.29 is 27.5 Å². The molecule has 0 radical (unpaired) electrons. The minimum absolute atomic E-state index is 0.0374. The van der Waals surface area contributed by atoms with E-state index in [1.54, 1.807) is 24.3 Å². The van der Waals surface area contributed by atoms with Crippen LogP contribution in [0.15, 0.2) is 41.6 Å². The summed E-state index contributed by atoms with van der Waals surface area (Å²) in [5.74, 6) is -0.445. The first-order chi connectivity index (χ1) is 15.1. The van der Waals surface area contributed by atoms with Crippen LogP contribution in [0.1, 0.15) is 17.5 Å². The molecule has 2 aromatic rings. The predicted molar refractivity (Wildman–Crippen MR) is 116 cm³/mol. The van der Waals surface area contributed by atoms with E-state index in [9.17, 15) is 18.0 Å². The third-order valence-electron chi connectivity index (χ3n) is 5.62. The number of halogens is 6. The summed E-state index contributed by atoms with van der Waals surface area (Å²) in [5, 5.41) is 3.48. The number of esters is 1. The summed E-state index contributed by atoms with van der Waals surface area (Å²) >= 11 is 17.8. The van der Waals surface area contributed by atoms with Crippen LogP contribution in [-0.4, -0.2) is 38.1 Å². The Morgan fingerprint density at radius 2 is 1.75 bits per heavy atom. The lowest BCUT2D eigenvalue weighted by Gasteiger charge is -2.39. The lowest BCUT2D eigenvalue weighted by atomic mass is 9.86. The summed E-state index contributed by atoms with van der Waals surface area (Å²) in [6.07, 6.45) is -5.35. The van der Waals surface area contributed by atoms with Gasteiger partial charge in [0.15, 0.2) is 0 Å². The lowest BCUT2D eigenvalue weighted by molar-refractivity contribution is -0.275. The molecule has 32 heavy (non-hydrogen) atoms. The minimum atomic E-state index is -4.79. The van der Waals surface area contributed by atoms with Gasteiger partial charge in [-0.25, -0.2) is 0 Å². The predicted octanol–water partition coefficient (Wildman–Crippen LogP) is 5.84. The number of hydrogen-bond donors (Lipinski definition) is 0. The van der Waals surface area contributed by atoms with Crippen molar-refractivity contribution in [1.82, 2.24) is 0 Å². The maximum Gasteiger partial charge on any atom is 0.435 e. The molecule has 11 heteroatoms. The molecule has 1 unspecified atom stereocenters. The number of methoxy groups -OCH3 is 1. The van der Waals surface area contributed by atoms with Crippen molar-refractivity contribution in [2.75, 3.05) is 25.1 Å². The zero-order valence-electron chi connectivity index (χ0n) is 16.5. The number of carbonyl (C=O) groups is 1. The molecule has 4 rings (SSSR count). The van der Waals surface area contributed by atoms with Gasteiger partial charge < -0.3 is 14.5 Å². The Hall–Kier alpha value is -2.16. The molecular weight excluding hydrogens is 492 g/mol. The quantitative estimate of drug-likeness (QED) is 0.385. The van der Waals surface area contributed by atoms with Gasteiger partial charge in [0.2, 0.25) is 0 Å². The van der Waals surface area contributed by atoms with Crippen LogP contribution in [0.25, 0.3) is 0 Å². The van der Waals surface area contributed by atoms with Gasteiger partial charge in [-0.3, -0.25) is 4.79 Å².